The minimum atomic E-state index is -0.651. The number of hydrogen-bond acceptors (Lipinski definition) is 4. The molecule has 188 valence electrons. The SMILES string of the molecule is CCCCCCCCCCCCCCCCCCCCCC(=O)O.OCCOCCO. The van der Waals surface area contributed by atoms with E-state index >= 15 is 0 Å². The van der Waals surface area contributed by atoms with E-state index in [1.165, 1.54) is 109 Å². The number of aliphatic carboxylic acids is 1. The van der Waals surface area contributed by atoms with Gasteiger partial charge in [0, 0.05) is 6.42 Å². The van der Waals surface area contributed by atoms with Crippen molar-refractivity contribution >= 4 is 5.97 Å². The quantitative estimate of drug-likeness (QED) is 0.141. The summed E-state index contributed by atoms with van der Waals surface area (Å²) in [6, 6.07) is 0. The molecule has 0 aliphatic heterocycles. The van der Waals surface area contributed by atoms with Crippen LogP contribution < -0.4 is 0 Å². The number of carboxylic acids is 1. The molecule has 5 heteroatoms. The van der Waals surface area contributed by atoms with E-state index in [1.54, 1.807) is 0 Å². The topological polar surface area (TPSA) is 87.0 Å². The molecule has 0 aliphatic carbocycles. The minimum Gasteiger partial charge on any atom is -0.481 e. The first kappa shape index (κ1) is 32.5. The first-order valence-corrected chi connectivity index (χ1v) is 13.2. The third-order valence-corrected chi connectivity index (χ3v) is 5.47. The molecule has 0 aromatic carbocycles. The number of aliphatic hydroxyl groups is 2. The lowest BCUT2D eigenvalue weighted by Gasteiger charge is -2.03. The molecule has 0 aromatic heterocycles. The van der Waals surface area contributed by atoms with Crippen molar-refractivity contribution in [3.8, 4) is 0 Å². The van der Waals surface area contributed by atoms with Crippen molar-refractivity contribution in [3.63, 3.8) is 0 Å². The molecule has 0 heterocycles. The largest absolute Gasteiger partial charge is 0.481 e. The number of rotatable bonds is 24. The van der Waals surface area contributed by atoms with E-state index in [2.05, 4.69) is 11.7 Å². The Kier molecular flexibility index (Phi) is 33.1. The zero-order valence-corrected chi connectivity index (χ0v) is 20.6. The predicted octanol–water partition coefficient (Wildman–Crippen LogP) is 6.88. The molecule has 0 atom stereocenters. The molecule has 5 nitrogen and oxygen atoms in total. The smallest absolute Gasteiger partial charge is 0.303 e. The number of carbonyl (C=O) groups is 1. The highest BCUT2D eigenvalue weighted by molar-refractivity contribution is 5.66. The van der Waals surface area contributed by atoms with Crippen LogP contribution in [0.1, 0.15) is 135 Å². The van der Waals surface area contributed by atoms with E-state index in [1.807, 2.05) is 0 Å². The van der Waals surface area contributed by atoms with Crippen LogP contribution in [0.5, 0.6) is 0 Å². The van der Waals surface area contributed by atoms with Gasteiger partial charge < -0.3 is 20.1 Å². The summed E-state index contributed by atoms with van der Waals surface area (Å²) in [6.07, 6.45) is 26.1. The van der Waals surface area contributed by atoms with Crippen LogP contribution in [0.3, 0.4) is 0 Å². The van der Waals surface area contributed by atoms with E-state index in [9.17, 15) is 4.79 Å². The number of carboxylic acid groups (broad SMARTS) is 1. The maximum atomic E-state index is 10.4. The normalized spacial score (nSPS) is 10.7. The Morgan fingerprint density at radius 3 is 1.10 bits per heavy atom. The number of aliphatic hydroxyl groups excluding tert-OH is 2. The van der Waals surface area contributed by atoms with Crippen LogP contribution in [-0.2, 0) is 9.53 Å². The van der Waals surface area contributed by atoms with Gasteiger partial charge in [0.1, 0.15) is 0 Å². The molecule has 0 spiro atoms. The molecule has 0 radical (unpaired) electrons. The lowest BCUT2D eigenvalue weighted by Crippen LogP contribution is -2.03. The molecule has 0 bridgehead atoms. The van der Waals surface area contributed by atoms with Crippen LogP contribution in [0, 0.1) is 0 Å². The van der Waals surface area contributed by atoms with E-state index in [0.29, 0.717) is 19.6 Å². The zero-order valence-electron chi connectivity index (χ0n) is 20.6. The monoisotopic (exact) mass is 446 g/mol. The summed E-state index contributed by atoms with van der Waals surface area (Å²) in [5.74, 6) is -0.651. The van der Waals surface area contributed by atoms with Gasteiger partial charge in [-0.25, -0.2) is 0 Å². The molecule has 0 saturated carbocycles. The lowest BCUT2D eigenvalue weighted by atomic mass is 10.0. The van der Waals surface area contributed by atoms with Crippen molar-refractivity contribution in [2.24, 2.45) is 0 Å². The second kappa shape index (κ2) is 31.5. The molecule has 0 fully saturated rings. The fourth-order valence-corrected chi connectivity index (χ4v) is 3.59. The highest BCUT2D eigenvalue weighted by Gasteiger charge is 1.97. The Balaban J connectivity index is 0. The van der Waals surface area contributed by atoms with Crippen LogP contribution >= 0.6 is 0 Å². The molecule has 3 N–H and O–H groups in total. The van der Waals surface area contributed by atoms with Crippen molar-refractivity contribution in [3.05, 3.63) is 0 Å². The Labute approximate surface area is 193 Å². The van der Waals surface area contributed by atoms with Crippen LogP contribution in [0.25, 0.3) is 0 Å². The maximum absolute atomic E-state index is 10.4. The molecule has 0 aromatic rings. The molecule has 31 heavy (non-hydrogen) atoms. The Morgan fingerprint density at radius 1 is 0.548 bits per heavy atom. The molecule has 0 aliphatic rings. The first-order valence-electron chi connectivity index (χ1n) is 13.2. The summed E-state index contributed by atoms with van der Waals surface area (Å²) in [5, 5.41) is 24.7. The van der Waals surface area contributed by atoms with Crippen LogP contribution in [-0.4, -0.2) is 47.7 Å². The van der Waals surface area contributed by atoms with Crippen molar-refractivity contribution < 1.29 is 24.9 Å². The van der Waals surface area contributed by atoms with E-state index in [0.717, 1.165) is 12.8 Å². The Morgan fingerprint density at radius 2 is 0.839 bits per heavy atom. The molecule has 0 rings (SSSR count). The number of ether oxygens (including phenoxy) is 1. The molecule has 0 amide bonds. The highest BCUT2D eigenvalue weighted by atomic mass is 16.5. The average molecular weight is 447 g/mol. The summed E-state index contributed by atoms with van der Waals surface area (Å²) in [6.45, 7) is 2.98. The van der Waals surface area contributed by atoms with Gasteiger partial charge in [-0.2, -0.15) is 0 Å². The highest BCUT2D eigenvalue weighted by Crippen LogP contribution is 2.14. The summed E-state index contributed by atoms with van der Waals surface area (Å²) in [5.41, 5.74) is 0. The van der Waals surface area contributed by atoms with E-state index in [4.69, 9.17) is 15.3 Å². The molecular formula is C26H54O5. The average Bonchev–Trinajstić information content (AvgIpc) is 2.76. The Hall–Kier alpha value is -0.650. The Bertz CT molecular complexity index is 319. The summed E-state index contributed by atoms with van der Waals surface area (Å²) >= 11 is 0. The summed E-state index contributed by atoms with van der Waals surface area (Å²) in [7, 11) is 0. The predicted molar refractivity (Wildman–Crippen MR) is 131 cm³/mol. The van der Waals surface area contributed by atoms with Gasteiger partial charge in [-0.3, -0.25) is 4.79 Å². The van der Waals surface area contributed by atoms with Gasteiger partial charge in [0.15, 0.2) is 0 Å². The molecule has 0 unspecified atom stereocenters. The minimum absolute atomic E-state index is 0.0278. The van der Waals surface area contributed by atoms with Gasteiger partial charge in [0.2, 0.25) is 0 Å². The van der Waals surface area contributed by atoms with E-state index in [-0.39, 0.29) is 13.2 Å². The van der Waals surface area contributed by atoms with Gasteiger partial charge >= 0.3 is 5.97 Å². The second-order valence-corrected chi connectivity index (χ2v) is 8.57. The van der Waals surface area contributed by atoms with Gasteiger partial charge in [-0.05, 0) is 6.42 Å². The molecular weight excluding hydrogens is 392 g/mol. The van der Waals surface area contributed by atoms with E-state index < -0.39 is 5.97 Å². The van der Waals surface area contributed by atoms with Crippen molar-refractivity contribution in [1.82, 2.24) is 0 Å². The fourth-order valence-electron chi connectivity index (χ4n) is 3.59. The van der Waals surface area contributed by atoms with Crippen molar-refractivity contribution in [2.45, 2.75) is 135 Å². The summed E-state index contributed by atoms with van der Waals surface area (Å²) in [4.78, 5) is 10.4. The number of unbranched alkanes of at least 4 members (excludes halogenated alkanes) is 18. The van der Waals surface area contributed by atoms with Crippen molar-refractivity contribution in [2.75, 3.05) is 26.4 Å². The third-order valence-electron chi connectivity index (χ3n) is 5.47. The molecule has 0 saturated heterocycles. The zero-order chi connectivity index (χ0) is 23.3. The van der Waals surface area contributed by atoms with Gasteiger partial charge in [-0.15, -0.1) is 0 Å². The lowest BCUT2D eigenvalue weighted by molar-refractivity contribution is -0.137. The third kappa shape index (κ3) is 37.0. The number of hydrogen-bond donors (Lipinski definition) is 3. The van der Waals surface area contributed by atoms with Crippen LogP contribution in [0.4, 0.5) is 0 Å². The fraction of sp³-hybridized carbons (Fsp3) is 0.962. The van der Waals surface area contributed by atoms with Gasteiger partial charge in [0.05, 0.1) is 26.4 Å². The summed E-state index contributed by atoms with van der Waals surface area (Å²) < 4.78 is 4.63. The first-order chi connectivity index (χ1) is 15.2. The van der Waals surface area contributed by atoms with Crippen LogP contribution in [0.2, 0.25) is 0 Å². The van der Waals surface area contributed by atoms with Crippen molar-refractivity contribution in [1.29, 1.82) is 0 Å². The van der Waals surface area contributed by atoms with Gasteiger partial charge in [-0.1, -0.05) is 122 Å². The maximum Gasteiger partial charge on any atom is 0.303 e. The standard InChI is InChI=1S/C22H44O2.C4H10O3/c1-2-3-4-5-6-7-8-9-10-11-12-13-14-15-16-17-18-19-20-21-22(23)24;5-1-3-7-4-2-6/h2-21H2,1H3,(H,23,24);5-6H,1-4H2. The second-order valence-electron chi connectivity index (χ2n) is 8.57. The van der Waals surface area contributed by atoms with Crippen LogP contribution in [0.15, 0.2) is 0 Å². The van der Waals surface area contributed by atoms with Gasteiger partial charge in [0.25, 0.3) is 0 Å².